The smallest absolute Gasteiger partial charge is 0.317 e. The molecule has 4 saturated carbocycles. The minimum atomic E-state index is -0.954. The lowest BCUT2D eigenvalue weighted by molar-refractivity contribution is -0.0564. The van der Waals surface area contributed by atoms with Crippen molar-refractivity contribution in [1.29, 1.82) is 0 Å². The molecule has 4 aliphatic carbocycles. The van der Waals surface area contributed by atoms with Crippen LogP contribution in [0.25, 0.3) is 0 Å². The Balaban J connectivity index is 0.000000202. The number of likely N-dealkylation sites (N-methyl/N-ethyl adjacent to an activating group) is 1. The van der Waals surface area contributed by atoms with Crippen LogP contribution >= 0.6 is 0 Å². The largest absolute Gasteiger partial charge is 0.385 e. The molecule has 148 heavy (non-hydrogen) atoms. The SMILES string of the molecule is CCCCCNC[C@H](CC1CCCCC1)NC(=O)N1CCC[C@@H]([C@@H](OCCCOC)c2ccccc2)C1.CNC[C@H](CC1CCCCC1)NC(=O)N1CCC[C@@H]([C@@](O)(CCCCOC)c2cccc(C(C)C)c2)C1.COCCCO[C@@H](c1ccccc1)[C@@H]1CCCN(C(=O)N[C@H](CNCCC(C)C)CC2CCCCC2)C1.COCCCO[C@@H](c1ccccc1F)[C@@H]1CCCN(c2c(N[C@H](CN)CC3CCCCC3)c(=O)c2=O)C1. The van der Waals surface area contributed by atoms with Crippen molar-refractivity contribution in [2.45, 2.75) is 358 Å². The lowest BCUT2D eigenvalue weighted by Crippen LogP contribution is -2.54. The third-order valence-corrected chi connectivity index (χ3v) is 32.9. The van der Waals surface area contributed by atoms with Gasteiger partial charge in [0.05, 0.1) is 23.9 Å². The van der Waals surface area contributed by atoms with Crippen LogP contribution in [-0.2, 0) is 38.8 Å². The minimum absolute atomic E-state index is 0.00407. The van der Waals surface area contributed by atoms with Crippen LogP contribution in [-0.4, -0.2) is 235 Å². The van der Waals surface area contributed by atoms with Gasteiger partial charge >= 0.3 is 18.1 Å². The van der Waals surface area contributed by atoms with Crippen molar-refractivity contribution in [2.24, 2.45) is 59.0 Å². The Morgan fingerprint density at radius 3 is 1.32 bits per heavy atom. The average molecular weight is 2060 g/mol. The van der Waals surface area contributed by atoms with Gasteiger partial charge in [0.25, 0.3) is 10.9 Å². The fraction of sp³-hybridized carbons (Fsp3) is 0.746. The molecule has 4 heterocycles. The van der Waals surface area contributed by atoms with Gasteiger partial charge in [0, 0.05) is 207 Å². The Kier molecular flexibility index (Phi) is 58.2. The third kappa shape index (κ3) is 42.2. The second kappa shape index (κ2) is 70.3. The molecule has 0 aromatic heterocycles. The molecule has 4 saturated heterocycles. The molecule has 0 unspecified atom stereocenters. The van der Waals surface area contributed by atoms with E-state index in [0.717, 1.165) is 186 Å². The number of aliphatic hydroxyl groups is 1. The van der Waals surface area contributed by atoms with Crippen LogP contribution in [0.5, 0.6) is 0 Å². The van der Waals surface area contributed by atoms with Gasteiger partial charge in [-0.3, -0.25) is 9.59 Å². The number of hydrogen-bond donors (Lipinski definition) is 9. The maximum absolute atomic E-state index is 14.8. The number of ether oxygens (including phenoxy) is 7. The van der Waals surface area contributed by atoms with Gasteiger partial charge in [0.2, 0.25) is 0 Å². The number of nitrogens with one attached hydrogen (secondary N) is 7. The molecule has 0 spiro atoms. The molecule has 0 bridgehead atoms. The van der Waals surface area contributed by atoms with Crippen LogP contribution < -0.4 is 58.7 Å². The lowest BCUT2D eigenvalue weighted by atomic mass is 9.73. The predicted octanol–water partition coefficient (Wildman–Crippen LogP) is 22.4. The maximum Gasteiger partial charge on any atom is 0.317 e. The van der Waals surface area contributed by atoms with E-state index in [-0.39, 0.29) is 72.1 Å². The average Bonchev–Trinajstić information content (AvgIpc) is 0.765. The van der Waals surface area contributed by atoms with E-state index in [1.807, 2.05) is 38.8 Å². The van der Waals surface area contributed by atoms with Crippen molar-refractivity contribution in [1.82, 2.24) is 46.6 Å². The Bertz CT molecular complexity index is 4440. The third-order valence-electron chi connectivity index (χ3n) is 32.9. The van der Waals surface area contributed by atoms with Crippen LogP contribution in [0, 0.1) is 59.1 Å². The molecular weight excluding hydrogens is 1860 g/mol. The zero-order valence-electron chi connectivity index (χ0n) is 93.3. The van der Waals surface area contributed by atoms with Crippen molar-refractivity contribution in [3.8, 4) is 0 Å². The summed E-state index contributed by atoms with van der Waals surface area (Å²) in [6.45, 7) is 26.3. The number of halogens is 1. The normalized spacial score (nSPS) is 20.9. The molecule has 12 atom stereocenters. The summed E-state index contributed by atoms with van der Waals surface area (Å²) in [4.78, 5) is 73.9. The molecule has 834 valence electrons. The quantitative estimate of drug-likeness (QED) is 0.0129. The number of methoxy groups -OCH3 is 4. The number of benzene rings is 4. The molecule has 0 radical (unpaired) electrons. The van der Waals surface area contributed by atoms with Crippen molar-refractivity contribution in [3.63, 3.8) is 0 Å². The number of nitrogens with zero attached hydrogens (tertiary/aromatic N) is 4. The second-order valence-electron chi connectivity index (χ2n) is 45.5. The van der Waals surface area contributed by atoms with Gasteiger partial charge in [0.15, 0.2) is 0 Å². The van der Waals surface area contributed by atoms with Crippen LogP contribution in [0.4, 0.5) is 30.1 Å². The van der Waals surface area contributed by atoms with Gasteiger partial charge in [-0.1, -0.05) is 279 Å². The molecule has 8 fully saturated rings. The van der Waals surface area contributed by atoms with Crippen LogP contribution in [0.15, 0.2) is 119 Å². The van der Waals surface area contributed by atoms with E-state index in [4.69, 9.17) is 38.9 Å². The monoisotopic (exact) mass is 2060 g/mol. The number of anilines is 2. The van der Waals surface area contributed by atoms with E-state index in [1.165, 1.54) is 177 Å². The van der Waals surface area contributed by atoms with Gasteiger partial charge < -0.3 is 101 Å². The Labute approximate surface area is 892 Å². The fourth-order valence-electron chi connectivity index (χ4n) is 24.6. The van der Waals surface area contributed by atoms with Crippen molar-refractivity contribution < 1.29 is 57.0 Å². The molecule has 8 aliphatic rings. The topological polar surface area (TPSA) is 293 Å². The van der Waals surface area contributed by atoms with Crippen molar-refractivity contribution >= 4 is 29.5 Å². The van der Waals surface area contributed by atoms with Crippen molar-refractivity contribution in [3.05, 3.63) is 163 Å². The number of urea groups is 3. The molecule has 26 heteroatoms. The molecular formula is C122H201FN12O13. The highest BCUT2D eigenvalue weighted by molar-refractivity contribution is 5.77. The van der Waals surface area contributed by atoms with Gasteiger partial charge in [-0.2, -0.15) is 0 Å². The summed E-state index contributed by atoms with van der Waals surface area (Å²) >= 11 is 0. The summed E-state index contributed by atoms with van der Waals surface area (Å²) in [6, 6.07) is 37.0. The number of unbranched alkanes of at least 4 members (excludes halogenated alkanes) is 3. The molecule has 4 aliphatic heterocycles. The first-order valence-electron chi connectivity index (χ1n) is 58.9. The van der Waals surface area contributed by atoms with E-state index < -0.39 is 22.6 Å². The summed E-state index contributed by atoms with van der Waals surface area (Å²) in [5.41, 5.74) is 10.3. The highest BCUT2D eigenvalue weighted by Gasteiger charge is 2.44. The first-order valence-corrected chi connectivity index (χ1v) is 58.9. The summed E-state index contributed by atoms with van der Waals surface area (Å²) < 4.78 is 54.7. The highest BCUT2D eigenvalue weighted by Crippen LogP contribution is 2.44. The highest BCUT2D eigenvalue weighted by atomic mass is 19.1. The van der Waals surface area contributed by atoms with Crippen LogP contribution in [0.2, 0.25) is 0 Å². The molecule has 13 rings (SSSR count). The number of carbonyl (C=O) groups is 3. The zero-order chi connectivity index (χ0) is 105. The summed E-state index contributed by atoms with van der Waals surface area (Å²) in [5.74, 6) is 4.21. The maximum atomic E-state index is 14.8. The fourth-order valence-corrected chi connectivity index (χ4v) is 24.6. The first kappa shape index (κ1) is 123. The Morgan fingerprint density at radius 2 is 0.865 bits per heavy atom. The van der Waals surface area contributed by atoms with Gasteiger partial charge in [0.1, 0.15) is 17.2 Å². The summed E-state index contributed by atoms with van der Waals surface area (Å²) in [7, 11) is 8.80. The molecule has 10 N–H and O–H groups in total. The number of carbonyl (C=O) groups excluding carboxylic acids is 3. The molecule has 6 amide bonds. The number of amides is 6. The molecule has 5 aromatic rings. The number of likely N-dealkylation sites (tertiary alicyclic amines) is 3. The first-order chi connectivity index (χ1) is 72.2. The number of hydrogen-bond acceptors (Lipinski definition) is 19. The Hall–Kier alpha value is -7.18. The zero-order valence-corrected chi connectivity index (χ0v) is 93.3. The predicted molar refractivity (Wildman–Crippen MR) is 601 cm³/mol. The lowest BCUT2D eigenvalue weighted by Gasteiger charge is -2.43. The standard InChI is InChI=1S/3C31H53N3O3.C29H42FN3O4/c1-24(2)26-14-10-15-27(21-26)31(36,17-8-9-19-37-4)28-16-11-18-34(23-28)30(35)33-29(22-32-3)20-25-12-6-5-7-13-25;1-25(2)17-18-32-23-29(22-26-12-6-4-7-13-26)33-31(35)34-19-10-16-28(24-34)30(37-21-11-20-36-3)27-14-8-5-9-15-27;1-3-4-11-19-32-24-29(23-26-14-7-5-8-15-26)33-31(35)34-20-12-18-28(25-34)30(37-22-13-21-36-2)27-16-9-6-10-17-27;1-36-15-8-16-37-29(23-12-5-6-13-24(23)30)21-11-7-14-33(19-21)26-25(27(34)28(26)35)32-22(18-31)17-20-9-3-2-4-10-20/h10,14-15,21,24-25,28-29,32,36H,5-9,11-13,16-20,22-23H2,1-4H3,(H,33,35);5,8-9,14-15,25-26,28-30,32H,4,6-7,10-13,16-24H2,1-3H3,(H,33,35);6,9-10,16-17,26,28-30,32H,3-5,7-8,11-15,18-25H2,1-2H3,(H,33,35);5-6,12-13,20-22,29,32H,2-4,7-11,14-19,31H2,1H3/t28-,29+,31-;2*28-,29+,30+;21-,22+,29-/m1111/s1. The Morgan fingerprint density at radius 1 is 0.439 bits per heavy atom. The van der Waals surface area contributed by atoms with Crippen LogP contribution in [0.1, 0.15) is 356 Å². The van der Waals surface area contributed by atoms with Gasteiger partial charge in [-0.05, 0) is 212 Å². The number of rotatable bonds is 57. The van der Waals surface area contributed by atoms with E-state index in [1.54, 1.807) is 40.6 Å². The van der Waals surface area contributed by atoms with E-state index in [9.17, 15) is 33.5 Å². The molecule has 25 nitrogen and oxygen atoms in total. The summed E-state index contributed by atoms with van der Waals surface area (Å²) in [5, 5.41) is 36.4. The number of piperidine rings is 4. The second-order valence-corrected chi connectivity index (χ2v) is 45.5. The van der Waals surface area contributed by atoms with Crippen LogP contribution in [0.3, 0.4) is 0 Å². The molecule has 5 aromatic carbocycles. The number of nitrogens with two attached hydrogens (primary N) is 1. The van der Waals surface area contributed by atoms with E-state index in [2.05, 4.69) is 151 Å². The minimum Gasteiger partial charge on any atom is -0.385 e. The van der Waals surface area contributed by atoms with E-state index >= 15 is 0 Å². The summed E-state index contributed by atoms with van der Waals surface area (Å²) in [6.07, 6.45) is 47.4. The van der Waals surface area contributed by atoms with E-state index in [0.29, 0.717) is 138 Å². The van der Waals surface area contributed by atoms with Crippen molar-refractivity contribution in [2.75, 3.05) is 184 Å². The van der Waals surface area contributed by atoms with Gasteiger partial charge in [-0.25, -0.2) is 18.8 Å². The van der Waals surface area contributed by atoms with Gasteiger partial charge in [-0.15, -0.1) is 0 Å².